The van der Waals surface area contributed by atoms with Crippen LogP contribution in [0.5, 0.6) is 0 Å². The van der Waals surface area contributed by atoms with Crippen LogP contribution in [0.1, 0.15) is 66.0 Å². The summed E-state index contributed by atoms with van der Waals surface area (Å²) in [5.41, 5.74) is 18.1. The molecule has 0 amide bonds. The van der Waals surface area contributed by atoms with Gasteiger partial charge in [-0.05, 0) is 131 Å². The van der Waals surface area contributed by atoms with Crippen LogP contribution in [0.4, 0.5) is 22.7 Å². The first-order valence-corrected chi connectivity index (χ1v) is 20.6. The second kappa shape index (κ2) is 13.3. The smallest absolute Gasteiger partial charge is 0.0727 e. The Balaban J connectivity index is 1.16. The first-order valence-electron chi connectivity index (χ1n) is 20.6. The minimum atomic E-state index is -0.460. The van der Waals surface area contributed by atoms with Gasteiger partial charge < -0.3 is 9.80 Å². The molecule has 6 aromatic rings. The fourth-order valence-corrected chi connectivity index (χ4v) is 10.7. The Kier molecular flexibility index (Phi) is 7.88. The summed E-state index contributed by atoms with van der Waals surface area (Å²) >= 11 is 0. The summed E-state index contributed by atoms with van der Waals surface area (Å²) in [6.07, 6.45) is 24.4. The topological polar surface area (TPSA) is 6.48 Å². The number of rotatable bonds is 6. The molecular weight excluding hydrogens is 677 g/mol. The first-order chi connectivity index (χ1) is 27.7. The molecule has 272 valence electrons. The molecule has 0 heterocycles. The summed E-state index contributed by atoms with van der Waals surface area (Å²) in [7, 11) is 0. The van der Waals surface area contributed by atoms with E-state index in [2.05, 4.69) is 199 Å². The van der Waals surface area contributed by atoms with Crippen molar-refractivity contribution in [3.05, 3.63) is 209 Å². The Morgan fingerprint density at radius 3 is 2.14 bits per heavy atom. The van der Waals surface area contributed by atoms with Crippen LogP contribution in [-0.4, -0.2) is 12.1 Å². The number of nitrogens with zero attached hydrogens (tertiary/aromatic N) is 2. The summed E-state index contributed by atoms with van der Waals surface area (Å²) in [5, 5.41) is 0. The van der Waals surface area contributed by atoms with Crippen LogP contribution >= 0.6 is 0 Å². The third-order valence-corrected chi connectivity index (χ3v) is 13.1. The second-order valence-electron chi connectivity index (χ2n) is 16.3. The van der Waals surface area contributed by atoms with Gasteiger partial charge in [0, 0.05) is 34.4 Å². The number of hydrogen-bond acceptors (Lipinski definition) is 2. The van der Waals surface area contributed by atoms with E-state index in [0.29, 0.717) is 18.0 Å². The molecular formula is C54H46N2. The largest absolute Gasteiger partial charge is 0.358 e. The molecule has 1 spiro atoms. The van der Waals surface area contributed by atoms with Crippen LogP contribution < -0.4 is 9.80 Å². The molecule has 0 N–H and O–H groups in total. The highest BCUT2D eigenvalue weighted by Gasteiger charge is 2.53. The van der Waals surface area contributed by atoms with Crippen molar-refractivity contribution in [1.29, 1.82) is 0 Å². The van der Waals surface area contributed by atoms with Crippen molar-refractivity contribution in [2.45, 2.75) is 56.5 Å². The highest BCUT2D eigenvalue weighted by molar-refractivity contribution is 6.00. The molecule has 2 heteroatoms. The first kappa shape index (κ1) is 33.2. The SMILES string of the molecule is CC1C=Cc2ccc(N(c3ccccc3)c3ccc4c(c3)C3(c5ccccc5-4)c4ccccc4-c4c(N(C5C=CC=CC5)C5C=CCCC5)cccc43)cc2C1. The Morgan fingerprint density at radius 2 is 1.32 bits per heavy atom. The molecule has 5 aliphatic carbocycles. The van der Waals surface area contributed by atoms with Crippen LogP contribution in [0.3, 0.4) is 0 Å². The summed E-state index contributed by atoms with van der Waals surface area (Å²) in [6, 6.07) is 51.6. The summed E-state index contributed by atoms with van der Waals surface area (Å²) < 4.78 is 0. The van der Waals surface area contributed by atoms with Crippen LogP contribution in [-0.2, 0) is 11.8 Å². The lowest BCUT2D eigenvalue weighted by molar-refractivity contribution is 0.550. The van der Waals surface area contributed by atoms with Gasteiger partial charge >= 0.3 is 0 Å². The lowest BCUT2D eigenvalue weighted by atomic mass is 9.70. The van der Waals surface area contributed by atoms with E-state index in [9.17, 15) is 0 Å². The van der Waals surface area contributed by atoms with Gasteiger partial charge in [-0.3, -0.25) is 0 Å². The monoisotopic (exact) mass is 722 g/mol. The Bertz CT molecular complexity index is 2620. The highest BCUT2D eigenvalue weighted by atomic mass is 15.2. The Morgan fingerprint density at radius 1 is 0.571 bits per heavy atom. The predicted octanol–water partition coefficient (Wildman–Crippen LogP) is 13.5. The van der Waals surface area contributed by atoms with Crippen molar-refractivity contribution in [3.8, 4) is 22.3 Å². The number of benzene rings is 6. The zero-order valence-electron chi connectivity index (χ0n) is 32.0. The van der Waals surface area contributed by atoms with E-state index in [0.717, 1.165) is 18.5 Å². The molecule has 6 aromatic carbocycles. The van der Waals surface area contributed by atoms with Gasteiger partial charge in [0.15, 0.2) is 0 Å². The van der Waals surface area contributed by atoms with Gasteiger partial charge in [0.25, 0.3) is 0 Å². The third-order valence-electron chi connectivity index (χ3n) is 13.1. The quantitative estimate of drug-likeness (QED) is 0.158. The number of anilines is 4. The Hall–Kier alpha value is -6.12. The lowest BCUT2D eigenvalue weighted by Crippen LogP contribution is -2.43. The maximum atomic E-state index is 2.76. The fourth-order valence-electron chi connectivity index (χ4n) is 10.7. The zero-order valence-corrected chi connectivity index (χ0v) is 32.0. The molecule has 4 atom stereocenters. The minimum absolute atomic E-state index is 0.298. The molecule has 0 saturated carbocycles. The van der Waals surface area contributed by atoms with Crippen LogP contribution in [0.15, 0.2) is 176 Å². The van der Waals surface area contributed by atoms with Crippen molar-refractivity contribution >= 4 is 28.8 Å². The van der Waals surface area contributed by atoms with Crippen LogP contribution in [0.2, 0.25) is 0 Å². The number of fused-ring (bicyclic) bond motifs is 11. The summed E-state index contributed by atoms with van der Waals surface area (Å²) in [4.78, 5) is 5.23. The van der Waals surface area contributed by atoms with Gasteiger partial charge in [0.1, 0.15) is 0 Å². The molecule has 0 saturated heterocycles. The summed E-state index contributed by atoms with van der Waals surface area (Å²) in [5.74, 6) is 0.532. The number of hydrogen-bond donors (Lipinski definition) is 0. The van der Waals surface area contributed by atoms with E-state index in [1.807, 2.05) is 0 Å². The molecule has 2 nitrogen and oxygen atoms in total. The van der Waals surface area contributed by atoms with Gasteiger partial charge in [0.2, 0.25) is 0 Å². The molecule has 11 rings (SSSR count). The molecule has 5 aliphatic rings. The standard InChI is InChI=1S/C54H46N2/c1-37-28-29-38-30-31-43(35-39(38)34-37)55(40-16-5-2-6-17-40)44-32-33-46-45-22-11-13-24-48(45)54(51(46)36-44)49-25-14-12-23-47(49)53-50(54)26-15-27-52(53)56(41-18-7-3-8-19-41)42-20-9-4-10-21-42/h2-3,5-9,11-18,20,22-33,35-37,41-42H,4,10,19,21,34H2,1H3. The van der Waals surface area contributed by atoms with E-state index >= 15 is 0 Å². The van der Waals surface area contributed by atoms with E-state index in [1.165, 1.54) is 92.0 Å². The van der Waals surface area contributed by atoms with Gasteiger partial charge in [-0.15, -0.1) is 0 Å². The normalized spacial score (nSPS) is 22.0. The molecule has 0 radical (unpaired) electrons. The average Bonchev–Trinajstić information content (AvgIpc) is 3.72. The predicted molar refractivity (Wildman–Crippen MR) is 235 cm³/mol. The number of para-hydroxylation sites is 1. The van der Waals surface area contributed by atoms with Gasteiger partial charge in [-0.25, -0.2) is 0 Å². The molecule has 4 unspecified atom stereocenters. The third kappa shape index (κ3) is 5.01. The Labute approximate surface area is 331 Å². The van der Waals surface area contributed by atoms with E-state index < -0.39 is 5.41 Å². The van der Waals surface area contributed by atoms with Crippen molar-refractivity contribution in [2.24, 2.45) is 5.92 Å². The van der Waals surface area contributed by atoms with E-state index in [4.69, 9.17) is 0 Å². The number of allylic oxidation sites excluding steroid dienone is 4. The maximum absolute atomic E-state index is 2.76. The molecule has 0 aliphatic heterocycles. The van der Waals surface area contributed by atoms with Crippen molar-refractivity contribution in [2.75, 3.05) is 9.80 Å². The average molecular weight is 723 g/mol. The van der Waals surface area contributed by atoms with Gasteiger partial charge in [-0.2, -0.15) is 0 Å². The van der Waals surface area contributed by atoms with E-state index in [1.54, 1.807) is 0 Å². The summed E-state index contributed by atoms with van der Waals surface area (Å²) in [6.45, 7) is 2.31. The lowest BCUT2D eigenvalue weighted by Gasteiger charge is -2.40. The zero-order chi connectivity index (χ0) is 37.2. The molecule has 56 heavy (non-hydrogen) atoms. The molecule has 0 fully saturated rings. The van der Waals surface area contributed by atoms with Crippen LogP contribution in [0, 0.1) is 5.92 Å². The highest BCUT2D eigenvalue weighted by Crippen LogP contribution is 2.65. The minimum Gasteiger partial charge on any atom is -0.358 e. The van der Waals surface area contributed by atoms with Crippen molar-refractivity contribution in [1.82, 2.24) is 0 Å². The fraction of sp³-hybridized carbons (Fsp3) is 0.185. The maximum Gasteiger partial charge on any atom is 0.0727 e. The van der Waals surface area contributed by atoms with Crippen LogP contribution in [0.25, 0.3) is 28.3 Å². The molecule has 0 bridgehead atoms. The van der Waals surface area contributed by atoms with Gasteiger partial charge in [-0.1, -0.05) is 147 Å². The van der Waals surface area contributed by atoms with Crippen molar-refractivity contribution in [3.63, 3.8) is 0 Å². The molecule has 0 aromatic heterocycles. The second-order valence-corrected chi connectivity index (χ2v) is 16.3. The van der Waals surface area contributed by atoms with Crippen molar-refractivity contribution < 1.29 is 0 Å². The van der Waals surface area contributed by atoms with Gasteiger partial charge in [0.05, 0.1) is 11.5 Å². The van der Waals surface area contributed by atoms with E-state index in [-0.39, 0.29) is 0 Å².